The molecule has 2 unspecified atom stereocenters. The van der Waals surface area contributed by atoms with E-state index in [1.807, 2.05) is 0 Å². The van der Waals surface area contributed by atoms with Crippen molar-refractivity contribution in [3.8, 4) is 5.75 Å². The van der Waals surface area contributed by atoms with Crippen LogP contribution >= 0.6 is 0 Å². The Morgan fingerprint density at radius 2 is 1.59 bits per heavy atom. The van der Waals surface area contributed by atoms with Crippen LogP contribution in [0.15, 0.2) is 12.1 Å². The Labute approximate surface area is 158 Å². The third-order valence-electron chi connectivity index (χ3n) is 5.52. The highest BCUT2D eigenvalue weighted by atomic mass is 19.3. The van der Waals surface area contributed by atoms with Gasteiger partial charge in [-0.05, 0) is 50.4 Å². The van der Waals surface area contributed by atoms with Crippen molar-refractivity contribution in [3.63, 3.8) is 0 Å². The van der Waals surface area contributed by atoms with Crippen molar-refractivity contribution in [1.82, 2.24) is 0 Å². The number of benzene rings is 1. The van der Waals surface area contributed by atoms with Crippen LogP contribution in [0.25, 0.3) is 0 Å². The van der Waals surface area contributed by atoms with E-state index in [9.17, 15) is 22.0 Å². The summed E-state index contributed by atoms with van der Waals surface area (Å²) in [6.45, 7) is 2.84. The van der Waals surface area contributed by atoms with E-state index >= 15 is 0 Å². The van der Waals surface area contributed by atoms with E-state index in [1.165, 1.54) is 0 Å². The zero-order valence-corrected chi connectivity index (χ0v) is 14.6. The van der Waals surface area contributed by atoms with E-state index in [0.29, 0.717) is 37.5 Å². The Bertz CT molecular complexity index is 604. The highest BCUT2D eigenvalue weighted by molar-refractivity contribution is 5.25. The molecular weight excluding hydrogens is 367 g/mol. The molecule has 156 valence electrons. The van der Waals surface area contributed by atoms with Crippen molar-refractivity contribution in [1.29, 1.82) is 0 Å². The fourth-order valence-corrected chi connectivity index (χ4v) is 3.93. The Morgan fingerprint density at radius 1 is 1.00 bits per heavy atom. The molecule has 0 bridgehead atoms. The molecule has 7 heteroatoms. The maximum atomic E-state index is 14.4. The van der Waals surface area contributed by atoms with Crippen molar-refractivity contribution in [2.45, 2.75) is 65.1 Å². The third kappa shape index (κ3) is 5.12. The Kier molecular flexibility index (Phi) is 7.11. The molecular formula is C20H29F5O2. The average molecular weight is 396 g/mol. The summed E-state index contributed by atoms with van der Waals surface area (Å²) in [5, 5.41) is 0. The van der Waals surface area contributed by atoms with Crippen LogP contribution in [-0.2, 0) is 4.74 Å². The second-order valence-corrected chi connectivity index (χ2v) is 7.53. The predicted molar refractivity (Wildman–Crippen MR) is 94.3 cm³/mol. The number of rotatable bonds is 4. The first-order valence-electron chi connectivity index (χ1n) is 9.09. The smallest absolute Gasteiger partial charge is 0.400 e. The van der Waals surface area contributed by atoms with Crippen LogP contribution in [0.3, 0.4) is 0 Å². The highest BCUT2D eigenvalue weighted by Crippen LogP contribution is 2.42. The fraction of sp³-hybridized carbons (Fsp3) is 0.700. The van der Waals surface area contributed by atoms with Crippen molar-refractivity contribution in [2.24, 2.45) is 17.8 Å². The van der Waals surface area contributed by atoms with Gasteiger partial charge in [-0.1, -0.05) is 14.4 Å². The zero-order chi connectivity index (χ0) is 18.9. The monoisotopic (exact) mass is 396 g/mol. The lowest BCUT2D eigenvalue weighted by Crippen LogP contribution is -2.40. The van der Waals surface area contributed by atoms with Crippen LogP contribution in [0.1, 0.15) is 54.3 Å². The van der Waals surface area contributed by atoms with Gasteiger partial charge in [0.25, 0.3) is 0 Å². The van der Waals surface area contributed by atoms with Gasteiger partial charge in [0.05, 0.1) is 12.0 Å². The predicted octanol–water partition coefficient (Wildman–Crippen LogP) is 6.58. The molecule has 1 aromatic rings. The van der Waals surface area contributed by atoms with Crippen LogP contribution < -0.4 is 4.74 Å². The minimum absolute atomic E-state index is 0. The average Bonchev–Trinajstić information content (AvgIpc) is 2.60. The number of hydrogen-bond donors (Lipinski definition) is 0. The topological polar surface area (TPSA) is 18.5 Å². The molecule has 1 aliphatic carbocycles. The van der Waals surface area contributed by atoms with Crippen LogP contribution in [0.5, 0.6) is 5.75 Å². The summed E-state index contributed by atoms with van der Waals surface area (Å²) in [6, 6.07) is 0.879. The molecule has 0 radical (unpaired) electrons. The van der Waals surface area contributed by atoms with Gasteiger partial charge in [-0.3, -0.25) is 0 Å². The molecule has 2 aliphatic rings. The van der Waals surface area contributed by atoms with E-state index in [0.717, 1.165) is 12.8 Å². The van der Waals surface area contributed by atoms with Crippen LogP contribution in [0.4, 0.5) is 22.0 Å². The number of halogens is 5. The summed E-state index contributed by atoms with van der Waals surface area (Å²) in [5.74, 6) is -5.77. The van der Waals surface area contributed by atoms with Crippen molar-refractivity contribution in [2.75, 3.05) is 6.61 Å². The van der Waals surface area contributed by atoms with Gasteiger partial charge < -0.3 is 9.47 Å². The normalized spacial score (nSPS) is 29.1. The molecule has 0 spiro atoms. The van der Waals surface area contributed by atoms with Gasteiger partial charge in [-0.15, -0.1) is 0 Å². The van der Waals surface area contributed by atoms with Gasteiger partial charge >= 0.3 is 6.11 Å². The molecule has 2 nitrogen and oxygen atoms in total. The molecule has 27 heavy (non-hydrogen) atoms. The lowest BCUT2D eigenvalue weighted by Gasteiger charge is -2.38. The summed E-state index contributed by atoms with van der Waals surface area (Å²) >= 11 is 0. The Balaban J connectivity index is 0.00000196. The van der Waals surface area contributed by atoms with Gasteiger partial charge in [0.2, 0.25) is 0 Å². The van der Waals surface area contributed by atoms with Gasteiger partial charge in [0.15, 0.2) is 17.5 Å². The summed E-state index contributed by atoms with van der Waals surface area (Å²) in [7, 11) is 0. The summed E-state index contributed by atoms with van der Waals surface area (Å²) in [6.07, 6.45) is 0.316. The first kappa shape index (κ1) is 21.9. The van der Waals surface area contributed by atoms with Gasteiger partial charge in [-0.2, -0.15) is 8.78 Å². The lowest BCUT2D eigenvalue weighted by atomic mass is 9.77. The summed E-state index contributed by atoms with van der Waals surface area (Å²) in [4.78, 5) is 0. The fourth-order valence-electron chi connectivity index (χ4n) is 3.93. The third-order valence-corrected chi connectivity index (χ3v) is 5.52. The second kappa shape index (κ2) is 8.76. The standard InChI is InChI=1S/C19H23F5O2.CH4.H2/c1-11-2-7-17(25-10-11)12-3-5-13(6-4-12)19(23,24)26-14-8-15(20)18(22)16(21)9-14;;/h8-9,11-13,17H,2-7,10H2,1H3;1H4;1H. The van der Waals surface area contributed by atoms with Crippen molar-refractivity contribution < 1.29 is 32.9 Å². The second-order valence-electron chi connectivity index (χ2n) is 7.53. The van der Waals surface area contributed by atoms with E-state index in [-0.39, 0.29) is 33.7 Å². The first-order chi connectivity index (χ1) is 12.3. The van der Waals surface area contributed by atoms with Crippen molar-refractivity contribution >= 4 is 0 Å². The van der Waals surface area contributed by atoms with Gasteiger partial charge in [0, 0.05) is 20.2 Å². The minimum Gasteiger partial charge on any atom is -0.432 e. The van der Waals surface area contributed by atoms with E-state index in [4.69, 9.17) is 4.74 Å². The highest BCUT2D eigenvalue weighted by Gasteiger charge is 2.45. The summed E-state index contributed by atoms with van der Waals surface area (Å²) in [5.41, 5.74) is 0. The Hall–Kier alpha value is -1.37. The van der Waals surface area contributed by atoms with E-state index < -0.39 is 35.2 Å². The molecule has 0 N–H and O–H groups in total. The molecule has 1 saturated carbocycles. The number of ether oxygens (including phenoxy) is 2. The quantitative estimate of drug-likeness (QED) is 0.423. The number of alkyl halides is 2. The van der Waals surface area contributed by atoms with Crippen LogP contribution in [0.2, 0.25) is 0 Å². The Morgan fingerprint density at radius 3 is 2.11 bits per heavy atom. The van der Waals surface area contributed by atoms with Gasteiger partial charge in [-0.25, -0.2) is 13.2 Å². The molecule has 3 rings (SSSR count). The molecule has 0 amide bonds. The van der Waals surface area contributed by atoms with E-state index in [2.05, 4.69) is 11.7 Å². The van der Waals surface area contributed by atoms with E-state index in [1.54, 1.807) is 0 Å². The number of hydrogen-bond acceptors (Lipinski definition) is 2. The summed E-state index contributed by atoms with van der Waals surface area (Å²) < 4.78 is 78.5. The molecule has 1 aliphatic heterocycles. The maximum Gasteiger partial charge on any atom is 0.400 e. The molecule has 1 heterocycles. The van der Waals surface area contributed by atoms with Crippen molar-refractivity contribution in [3.05, 3.63) is 29.6 Å². The van der Waals surface area contributed by atoms with Crippen LogP contribution in [-0.4, -0.2) is 18.8 Å². The zero-order valence-electron chi connectivity index (χ0n) is 14.6. The first-order valence-corrected chi connectivity index (χ1v) is 9.09. The minimum atomic E-state index is -3.57. The molecule has 1 saturated heterocycles. The molecule has 2 fully saturated rings. The largest absolute Gasteiger partial charge is 0.432 e. The van der Waals surface area contributed by atoms with Crippen LogP contribution in [0, 0.1) is 35.2 Å². The maximum absolute atomic E-state index is 14.4. The molecule has 1 aromatic carbocycles. The SMILES string of the molecule is C.CC1CCC(C2CCC(C(F)(F)Oc3cc(F)c(F)c(F)c3)CC2)OC1.[HH]. The lowest BCUT2D eigenvalue weighted by molar-refractivity contribution is -0.225. The molecule has 2 atom stereocenters. The van der Waals surface area contributed by atoms with Gasteiger partial charge in [0.1, 0.15) is 5.75 Å². The molecule has 0 aromatic heterocycles.